The highest BCUT2D eigenvalue weighted by Crippen LogP contribution is 2.17. The molecule has 0 unspecified atom stereocenters. The fourth-order valence-electron chi connectivity index (χ4n) is 2.04. The maximum absolute atomic E-state index is 12.5. The molecule has 0 radical (unpaired) electrons. The van der Waals surface area contributed by atoms with Crippen LogP contribution in [0.2, 0.25) is 0 Å². The molecule has 96 valence electrons. The molecule has 0 atom stereocenters. The maximum Gasteiger partial charge on any atom is 0.256 e. The summed E-state index contributed by atoms with van der Waals surface area (Å²) < 4.78 is 0. The van der Waals surface area contributed by atoms with Crippen molar-refractivity contribution in [3.8, 4) is 6.07 Å². The monoisotopic (exact) mass is 253 g/mol. The van der Waals surface area contributed by atoms with Crippen LogP contribution in [0.5, 0.6) is 0 Å². The van der Waals surface area contributed by atoms with Crippen LogP contribution < -0.4 is 0 Å². The predicted octanol–water partition coefficient (Wildman–Crippen LogP) is 2.61. The Morgan fingerprint density at radius 3 is 2.89 bits per heavy atom. The molecule has 0 saturated heterocycles. The SMILES string of the molecule is CCN(CCC#N)C(=O)c1cccc2cccnc12. The summed E-state index contributed by atoms with van der Waals surface area (Å²) in [5.74, 6) is -0.0675. The van der Waals surface area contributed by atoms with Crippen LogP contribution in [0.4, 0.5) is 0 Å². The summed E-state index contributed by atoms with van der Waals surface area (Å²) in [7, 11) is 0. The van der Waals surface area contributed by atoms with E-state index in [2.05, 4.69) is 11.1 Å². The smallest absolute Gasteiger partial charge is 0.256 e. The highest BCUT2D eigenvalue weighted by Gasteiger charge is 2.16. The number of hydrogen-bond acceptors (Lipinski definition) is 3. The number of nitriles is 1. The summed E-state index contributed by atoms with van der Waals surface area (Å²) in [6.45, 7) is 2.95. The van der Waals surface area contributed by atoms with Crippen molar-refractivity contribution in [3.05, 3.63) is 42.1 Å². The van der Waals surface area contributed by atoms with E-state index in [1.807, 2.05) is 31.2 Å². The number of hydrogen-bond donors (Lipinski definition) is 0. The zero-order chi connectivity index (χ0) is 13.7. The molecule has 0 spiro atoms. The van der Waals surface area contributed by atoms with Crippen molar-refractivity contribution in [1.29, 1.82) is 5.26 Å². The normalized spacial score (nSPS) is 10.1. The molecule has 0 aliphatic carbocycles. The van der Waals surface area contributed by atoms with E-state index in [1.54, 1.807) is 17.2 Å². The number of carbonyl (C=O) groups excluding carboxylic acids is 1. The van der Waals surface area contributed by atoms with Crippen LogP contribution >= 0.6 is 0 Å². The van der Waals surface area contributed by atoms with Crippen LogP contribution in [0.25, 0.3) is 10.9 Å². The standard InChI is InChI=1S/C15H15N3O/c1-2-18(11-5-9-16)15(19)13-8-3-6-12-7-4-10-17-14(12)13/h3-4,6-8,10H,2,5,11H2,1H3. The van der Waals surface area contributed by atoms with Crippen molar-refractivity contribution in [2.75, 3.05) is 13.1 Å². The van der Waals surface area contributed by atoms with Gasteiger partial charge >= 0.3 is 0 Å². The summed E-state index contributed by atoms with van der Waals surface area (Å²) in [5, 5.41) is 9.58. The van der Waals surface area contributed by atoms with Gasteiger partial charge in [0, 0.05) is 24.7 Å². The third-order valence-electron chi connectivity index (χ3n) is 3.03. The largest absolute Gasteiger partial charge is 0.338 e. The molecule has 1 heterocycles. The van der Waals surface area contributed by atoms with Crippen molar-refractivity contribution in [1.82, 2.24) is 9.88 Å². The fraction of sp³-hybridized carbons (Fsp3) is 0.267. The van der Waals surface area contributed by atoms with Gasteiger partial charge < -0.3 is 4.90 Å². The summed E-state index contributed by atoms with van der Waals surface area (Å²) in [4.78, 5) is 18.4. The molecule has 4 heteroatoms. The van der Waals surface area contributed by atoms with E-state index < -0.39 is 0 Å². The van der Waals surface area contributed by atoms with Gasteiger partial charge in [-0.1, -0.05) is 18.2 Å². The molecule has 0 saturated carbocycles. The van der Waals surface area contributed by atoms with Gasteiger partial charge in [-0.3, -0.25) is 9.78 Å². The Labute approximate surface area is 112 Å². The average molecular weight is 253 g/mol. The van der Waals surface area contributed by atoms with Crippen molar-refractivity contribution in [2.24, 2.45) is 0 Å². The van der Waals surface area contributed by atoms with Crippen LogP contribution in [0.15, 0.2) is 36.5 Å². The van der Waals surface area contributed by atoms with Gasteiger partial charge in [-0.15, -0.1) is 0 Å². The van der Waals surface area contributed by atoms with E-state index in [1.165, 1.54) is 0 Å². The second kappa shape index (κ2) is 5.96. The van der Waals surface area contributed by atoms with E-state index in [-0.39, 0.29) is 5.91 Å². The minimum Gasteiger partial charge on any atom is -0.338 e. The van der Waals surface area contributed by atoms with Crippen molar-refractivity contribution >= 4 is 16.8 Å². The van der Waals surface area contributed by atoms with Gasteiger partial charge in [0.15, 0.2) is 0 Å². The highest BCUT2D eigenvalue weighted by molar-refractivity contribution is 6.05. The second-order valence-corrected chi connectivity index (χ2v) is 4.17. The number of fused-ring (bicyclic) bond motifs is 1. The zero-order valence-corrected chi connectivity index (χ0v) is 10.8. The lowest BCUT2D eigenvalue weighted by Crippen LogP contribution is -2.31. The topological polar surface area (TPSA) is 57.0 Å². The van der Waals surface area contributed by atoms with Crippen LogP contribution in [-0.2, 0) is 0 Å². The Balaban J connectivity index is 2.38. The third kappa shape index (κ3) is 2.71. The Hall–Kier alpha value is -2.41. The molecule has 2 aromatic rings. The molecule has 0 aliphatic rings. The van der Waals surface area contributed by atoms with Gasteiger partial charge in [-0.05, 0) is 19.1 Å². The van der Waals surface area contributed by atoms with Gasteiger partial charge in [-0.2, -0.15) is 5.26 Å². The number of para-hydroxylation sites is 1. The van der Waals surface area contributed by atoms with Gasteiger partial charge in [0.05, 0.1) is 23.6 Å². The van der Waals surface area contributed by atoms with E-state index in [0.29, 0.717) is 30.6 Å². The van der Waals surface area contributed by atoms with Gasteiger partial charge in [0.1, 0.15) is 0 Å². The minimum atomic E-state index is -0.0675. The molecule has 19 heavy (non-hydrogen) atoms. The van der Waals surface area contributed by atoms with Gasteiger partial charge in [0.25, 0.3) is 5.91 Å². The number of nitrogens with zero attached hydrogens (tertiary/aromatic N) is 3. The molecule has 2 rings (SSSR count). The molecule has 4 nitrogen and oxygen atoms in total. The first-order chi connectivity index (χ1) is 9.27. The van der Waals surface area contributed by atoms with Crippen molar-refractivity contribution < 1.29 is 4.79 Å². The number of carbonyl (C=O) groups is 1. The fourth-order valence-corrected chi connectivity index (χ4v) is 2.04. The van der Waals surface area contributed by atoms with Crippen LogP contribution in [-0.4, -0.2) is 28.9 Å². The Kier molecular flexibility index (Phi) is 4.09. The van der Waals surface area contributed by atoms with E-state index in [4.69, 9.17) is 5.26 Å². The predicted molar refractivity (Wildman–Crippen MR) is 73.6 cm³/mol. The number of pyridine rings is 1. The molecule has 0 bridgehead atoms. The Morgan fingerprint density at radius 1 is 1.37 bits per heavy atom. The Morgan fingerprint density at radius 2 is 2.16 bits per heavy atom. The molecule has 1 aromatic carbocycles. The molecule has 0 fully saturated rings. The third-order valence-corrected chi connectivity index (χ3v) is 3.03. The quantitative estimate of drug-likeness (QED) is 0.841. The lowest BCUT2D eigenvalue weighted by atomic mass is 10.1. The molecule has 1 aromatic heterocycles. The van der Waals surface area contributed by atoms with Crippen molar-refractivity contribution in [3.63, 3.8) is 0 Å². The minimum absolute atomic E-state index is 0.0675. The highest BCUT2D eigenvalue weighted by atomic mass is 16.2. The van der Waals surface area contributed by atoms with Crippen molar-refractivity contribution in [2.45, 2.75) is 13.3 Å². The lowest BCUT2D eigenvalue weighted by Gasteiger charge is -2.20. The molecule has 1 amide bonds. The molecular weight excluding hydrogens is 238 g/mol. The first kappa shape index (κ1) is 13.0. The zero-order valence-electron chi connectivity index (χ0n) is 10.8. The second-order valence-electron chi connectivity index (χ2n) is 4.17. The maximum atomic E-state index is 12.5. The first-order valence-electron chi connectivity index (χ1n) is 6.28. The summed E-state index contributed by atoms with van der Waals surface area (Å²) in [6.07, 6.45) is 2.03. The number of aromatic nitrogens is 1. The van der Waals surface area contributed by atoms with E-state index >= 15 is 0 Å². The van der Waals surface area contributed by atoms with Gasteiger partial charge in [0.2, 0.25) is 0 Å². The molecule has 0 aliphatic heterocycles. The van der Waals surface area contributed by atoms with Crippen LogP contribution in [0.3, 0.4) is 0 Å². The van der Waals surface area contributed by atoms with Gasteiger partial charge in [-0.25, -0.2) is 0 Å². The summed E-state index contributed by atoms with van der Waals surface area (Å²) >= 11 is 0. The van der Waals surface area contributed by atoms with Crippen LogP contribution in [0.1, 0.15) is 23.7 Å². The summed E-state index contributed by atoms with van der Waals surface area (Å²) in [6, 6.07) is 11.4. The lowest BCUT2D eigenvalue weighted by molar-refractivity contribution is 0.0769. The number of benzene rings is 1. The first-order valence-corrected chi connectivity index (χ1v) is 6.28. The molecular formula is C15H15N3O. The average Bonchev–Trinajstić information content (AvgIpc) is 2.47. The molecule has 0 N–H and O–H groups in total. The van der Waals surface area contributed by atoms with E-state index in [0.717, 1.165) is 5.39 Å². The number of rotatable bonds is 4. The van der Waals surface area contributed by atoms with Crippen LogP contribution in [0, 0.1) is 11.3 Å². The summed E-state index contributed by atoms with van der Waals surface area (Å²) in [5.41, 5.74) is 1.31. The Bertz CT molecular complexity index is 625. The number of amides is 1. The van der Waals surface area contributed by atoms with E-state index in [9.17, 15) is 4.79 Å².